The molecule has 0 atom stereocenters. The molecular formula is C28H25ClN4O2. The van der Waals surface area contributed by atoms with E-state index in [1.54, 1.807) is 18.3 Å². The second kappa shape index (κ2) is 9.39. The van der Waals surface area contributed by atoms with Gasteiger partial charge in [0.2, 0.25) is 5.91 Å². The van der Waals surface area contributed by atoms with Crippen LogP contribution in [0.1, 0.15) is 22.3 Å². The molecule has 0 bridgehead atoms. The smallest absolute Gasteiger partial charge is 0.291 e. The van der Waals surface area contributed by atoms with Gasteiger partial charge in [-0.2, -0.15) is 5.10 Å². The maximum Gasteiger partial charge on any atom is 0.291 e. The zero-order chi connectivity index (χ0) is 24.5. The van der Waals surface area contributed by atoms with E-state index in [4.69, 9.17) is 11.6 Å². The highest BCUT2D eigenvalue weighted by Crippen LogP contribution is 2.28. The fourth-order valence-corrected chi connectivity index (χ4v) is 4.53. The minimum Gasteiger partial charge on any atom is -0.350 e. The van der Waals surface area contributed by atoms with E-state index in [-0.39, 0.29) is 18.0 Å². The number of aromatic nitrogens is 3. The van der Waals surface area contributed by atoms with Crippen molar-refractivity contribution >= 4 is 39.3 Å². The van der Waals surface area contributed by atoms with Crippen molar-refractivity contribution in [3.05, 3.63) is 111 Å². The highest BCUT2D eigenvalue weighted by molar-refractivity contribution is 6.30. The van der Waals surface area contributed by atoms with Crippen LogP contribution < -0.4 is 10.9 Å². The van der Waals surface area contributed by atoms with Gasteiger partial charge in [-0.3, -0.25) is 9.59 Å². The molecule has 3 aromatic carbocycles. The normalized spacial score (nSPS) is 11.3. The maximum absolute atomic E-state index is 13.6. The number of rotatable bonds is 6. The molecule has 0 spiro atoms. The molecule has 35 heavy (non-hydrogen) atoms. The van der Waals surface area contributed by atoms with Gasteiger partial charge in [-0.15, -0.1) is 0 Å². The number of aryl methyl sites for hydroxylation is 2. The summed E-state index contributed by atoms with van der Waals surface area (Å²) in [6.07, 6.45) is 1.69. The summed E-state index contributed by atoms with van der Waals surface area (Å²) in [7, 11) is 0. The van der Waals surface area contributed by atoms with Crippen LogP contribution in [0.2, 0.25) is 5.02 Å². The Kier molecular flexibility index (Phi) is 6.14. The lowest BCUT2D eigenvalue weighted by atomic mass is 10.1. The largest absolute Gasteiger partial charge is 0.350 e. The van der Waals surface area contributed by atoms with E-state index in [9.17, 15) is 9.59 Å². The van der Waals surface area contributed by atoms with E-state index in [0.29, 0.717) is 23.6 Å². The van der Waals surface area contributed by atoms with E-state index >= 15 is 0 Å². The van der Waals surface area contributed by atoms with E-state index in [0.717, 1.165) is 33.0 Å². The molecule has 176 valence electrons. The molecule has 5 rings (SSSR count). The van der Waals surface area contributed by atoms with Gasteiger partial charge in [-0.25, -0.2) is 4.68 Å². The first-order valence-electron chi connectivity index (χ1n) is 11.4. The number of para-hydroxylation sites is 1. The van der Waals surface area contributed by atoms with Crippen LogP contribution in [0, 0.1) is 13.8 Å². The second-order valence-electron chi connectivity index (χ2n) is 8.81. The van der Waals surface area contributed by atoms with Crippen LogP contribution in [0.15, 0.2) is 77.7 Å². The zero-order valence-electron chi connectivity index (χ0n) is 19.6. The molecule has 2 aromatic heterocycles. The molecule has 0 saturated carbocycles. The second-order valence-corrected chi connectivity index (χ2v) is 9.24. The Hall–Kier alpha value is -3.90. The molecule has 6 nitrogen and oxygen atoms in total. The Morgan fingerprint density at radius 1 is 1.00 bits per heavy atom. The minimum atomic E-state index is -0.286. The van der Waals surface area contributed by atoms with Gasteiger partial charge in [0.15, 0.2) is 0 Å². The predicted molar refractivity (Wildman–Crippen MR) is 140 cm³/mol. The first-order chi connectivity index (χ1) is 16.9. The molecule has 2 heterocycles. The molecule has 1 N–H and O–H groups in total. The van der Waals surface area contributed by atoms with E-state index in [2.05, 4.69) is 42.5 Å². The third kappa shape index (κ3) is 4.57. The molecule has 0 aliphatic carbocycles. The van der Waals surface area contributed by atoms with Crippen molar-refractivity contribution in [2.75, 3.05) is 0 Å². The van der Waals surface area contributed by atoms with Crippen LogP contribution >= 0.6 is 11.6 Å². The summed E-state index contributed by atoms with van der Waals surface area (Å²) in [4.78, 5) is 26.2. The van der Waals surface area contributed by atoms with Crippen LogP contribution in [-0.2, 0) is 24.4 Å². The van der Waals surface area contributed by atoms with Gasteiger partial charge in [0.05, 0.1) is 6.20 Å². The van der Waals surface area contributed by atoms with Gasteiger partial charge < -0.3 is 9.88 Å². The van der Waals surface area contributed by atoms with Crippen molar-refractivity contribution < 1.29 is 4.79 Å². The molecule has 0 radical (unpaired) electrons. The SMILES string of the molecule is Cc1ccc(C)c(Cn2c3ccccc3c3cnn(CC(=O)NCc4ccc(Cl)cc4)c(=O)c32)c1. The molecule has 0 unspecified atom stereocenters. The van der Waals surface area contributed by atoms with Crippen LogP contribution in [-0.4, -0.2) is 20.3 Å². The van der Waals surface area contributed by atoms with Crippen molar-refractivity contribution in [1.29, 1.82) is 0 Å². The van der Waals surface area contributed by atoms with Crippen LogP contribution in [0.4, 0.5) is 0 Å². The van der Waals surface area contributed by atoms with Gasteiger partial charge in [-0.1, -0.05) is 65.7 Å². The average molecular weight is 485 g/mol. The number of carbonyl (C=O) groups excluding carboxylic acids is 1. The van der Waals surface area contributed by atoms with Crippen molar-refractivity contribution in [2.24, 2.45) is 0 Å². The third-order valence-electron chi connectivity index (χ3n) is 6.30. The molecule has 0 aliphatic heterocycles. The Labute approximate surface area is 207 Å². The first-order valence-corrected chi connectivity index (χ1v) is 11.8. The Bertz CT molecular complexity index is 1620. The number of carbonyl (C=O) groups is 1. The van der Waals surface area contributed by atoms with Crippen molar-refractivity contribution in [1.82, 2.24) is 19.7 Å². The molecular weight excluding hydrogens is 460 g/mol. The first kappa shape index (κ1) is 22.9. The van der Waals surface area contributed by atoms with Crippen LogP contribution in [0.5, 0.6) is 0 Å². The fraction of sp³-hybridized carbons (Fsp3) is 0.179. The number of halogens is 1. The van der Waals surface area contributed by atoms with Gasteiger partial charge in [0.1, 0.15) is 12.1 Å². The minimum absolute atomic E-state index is 0.159. The molecule has 0 saturated heterocycles. The molecule has 0 aliphatic rings. The van der Waals surface area contributed by atoms with Gasteiger partial charge in [-0.05, 0) is 48.7 Å². The van der Waals surface area contributed by atoms with E-state index in [1.807, 2.05) is 41.0 Å². The monoisotopic (exact) mass is 484 g/mol. The van der Waals surface area contributed by atoms with Crippen LogP contribution in [0.25, 0.3) is 21.8 Å². The topological polar surface area (TPSA) is 68.9 Å². The number of amides is 1. The highest BCUT2D eigenvalue weighted by atomic mass is 35.5. The van der Waals surface area contributed by atoms with Gasteiger partial charge >= 0.3 is 0 Å². The summed E-state index contributed by atoms with van der Waals surface area (Å²) in [6, 6.07) is 21.5. The number of nitrogens with zero attached hydrogens (tertiary/aromatic N) is 3. The number of hydrogen-bond acceptors (Lipinski definition) is 3. The Balaban J connectivity index is 1.50. The summed E-state index contributed by atoms with van der Waals surface area (Å²) in [6.45, 7) is 4.88. The maximum atomic E-state index is 13.6. The highest BCUT2D eigenvalue weighted by Gasteiger charge is 2.17. The standard InChI is InChI=1S/C28H25ClN4O2/c1-18-7-8-19(2)21(13-18)16-32-25-6-4-3-5-23(25)24-15-31-33(28(35)27(24)32)17-26(34)30-14-20-9-11-22(29)12-10-20/h3-13,15H,14,16-17H2,1-2H3,(H,30,34). The average Bonchev–Trinajstić information content (AvgIpc) is 3.17. The lowest BCUT2D eigenvalue weighted by molar-refractivity contribution is -0.122. The zero-order valence-corrected chi connectivity index (χ0v) is 20.3. The summed E-state index contributed by atoms with van der Waals surface area (Å²) in [5, 5.41) is 9.57. The predicted octanol–water partition coefficient (Wildman–Crippen LogP) is 4.99. The summed E-state index contributed by atoms with van der Waals surface area (Å²) < 4.78 is 3.27. The lowest BCUT2D eigenvalue weighted by Gasteiger charge is -2.12. The van der Waals surface area contributed by atoms with Gasteiger partial charge in [0.25, 0.3) is 5.56 Å². The number of benzene rings is 3. The van der Waals surface area contributed by atoms with Crippen molar-refractivity contribution in [3.8, 4) is 0 Å². The Morgan fingerprint density at radius 3 is 2.57 bits per heavy atom. The number of fused-ring (bicyclic) bond motifs is 3. The number of hydrogen-bond donors (Lipinski definition) is 1. The fourth-order valence-electron chi connectivity index (χ4n) is 4.41. The third-order valence-corrected chi connectivity index (χ3v) is 6.55. The summed E-state index contributed by atoms with van der Waals surface area (Å²) >= 11 is 5.92. The van der Waals surface area contributed by atoms with E-state index < -0.39 is 0 Å². The molecule has 5 aromatic rings. The Morgan fingerprint density at radius 2 is 1.77 bits per heavy atom. The van der Waals surface area contributed by atoms with Gasteiger partial charge in [0, 0.05) is 34.4 Å². The lowest BCUT2D eigenvalue weighted by Crippen LogP contribution is -2.33. The quantitative estimate of drug-likeness (QED) is 0.369. The summed E-state index contributed by atoms with van der Waals surface area (Å²) in [5.41, 5.74) is 5.63. The van der Waals surface area contributed by atoms with Crippen molar-refractivity contribution in [2.45, 2.75) is 33.5 Å². The summed E-state index contributed by atoms with van der Waals surface area (Å²) in [5.74, 6) is -0.286. The number of nitrogens with one attached hydrogen (secondary N) is 1. The molecule has 7 heteroatoms. The van der Waals surface area contributed by atoms with Crippen molar-refractivity contribution in [3.63, 3.8) is 0 Å². The molecule has 0 fully saturated rings. The van der Waals surface area contributed by atoms with E-state index in [1.165, 1.54) is 10.2 Å². The van der Waals surface area contributed by atoms with Crippen LogP contribution in [0.3, 0.4) is 0 Å². The molecule has 1 amide bonds.